The molecule has 0 spiro atoms. The largest absolute Gasteiger partial charge is 0.396 e. The van der Waals surface area contributed by atoms with Crippen LogP contribution in [0.15, 0.2) is 40.9 Å². The molecule has 4 N–H and O–H groups in total. The Balaban J connectivity index is 2.16. The van der Waals surface area contributed by atoms with E-state index in [2.05, 4.69) is 21.2 Å². The summed E-state index contributed by atoms with van der Waals surface area (Å²) in [5.74, 6) is -0.963. The standard InChI is InChI=1S/C15H14BrFN2O2/c16-12-8-13(17)14(18)7-11(12)15(21)19-10-3-1-9(2-4-10)5-6-20/h1-4,7-8,20H,5-6,18H2,(H,19,21). The van der Waals surface area contributed by atoms with Crippen LogP contribution in [0.4, 0.5) is 15.8 Å². The van der Waals surface area contributed by atoms with Crippen LogP contribution in [0, 0.1) is 5.82 Å². The molecular weight excluding hydrogens is 339 g/mol. The van der Waals surface area contributed by atoms with Gasteiger partial charge in [0.05, 0.1) is 11.3 Å². The van der Waals surface area contributed by atoms with Gasteiger partial charge in [-0.2, -0.15) is 0 Å². The molecule has 0 fully saturated rings. The Kier molecular flexibility index (Phi) is 4.93. The zero-order valence-corrected chi connectivity index (χ0v) is 12.7. The van der Waals surface area contributed by atoms with Gasteiger partial charge >= 0.3 is 0 Å². The number of benzene rings is 2. The number of halogens is 2. The molecule has 1 amide bonds. The molecule has 0 aromatic heterocycles. The fraction of sp³-hybridized carbons (Fsp3) is 0.133. The van der Waals surface area contributed by atoms with Crippen molar-refractivity contribution >= 4 is 33.2 Å². The average molecular weight is 353 g/mol. The molecule has 2 rings (SSSR count). The molecule has 0 saturated carbocycles. The lowest BCUT2D eigenvalue weighted by atomic mass is 10.1. The predicted octanol–water partition coefficient (Wildman–Crippen LogP) is 2.96. The third-order valence-electron chi connectivity index (χ3n) is 2.94. The van der Waals surface area contributed by atoms with Gasteiger partial charge in [-0.3, -0.25) is 4.79 Å². The highest BCUT2D eigenvalue weighted by Crippen LogP contribution is 2.24. The van der Waals surface area contributed by atoms with Gasteiger partial charge in [-0.1, -0.05) is 12.1 Å². The molecule has 0 aliphatic heterocycles. The molecule has 0 aliphatic carbocycles. The van der Waals surface area contributed by atoms with E-state index < -0.39 is 5.82 Å². The minimum absolute atomic E-state index is 0.0769. The molecule has 0 bridgehead atoms. The molecule has 6 heteroatoms. The number of nitrogens with two attached hydrogens (primary N) is 1. The van der Waals surface area contributed by atoms with Crippen molar-refractivity contribution < 1.29 is 14.3 Å². The first-order valence-corrected chi connectivity index (χ1v) is 7.06. The Morgan fingerprint density at radius 2 is 1.95 bits per heavy atom. The van der Waals surface area contributed by atoms with E-state index in [4.69, 9.17) is 10.8 Å². The summed E-state index contributed by atoms with van der Waals surface area (Å²) in [6, 6.07) is 9.57. The summed E-state index contributed by atoms with van der Waals surface area (Å²) in [7, 11) is 0. The summed E-state index contributed by atoms with van der Waals surface area (Å²) in [5.41, 5.74) is 7.23. The minimum atomic E-state index is -0.577. The maximum atomic E-state index is 13.3. The summed E-state index contributed by atoms with van der Waals surface area (Å²) in [5, 5.41) is 11.6. The molecule has 2 aromatic rings. The summed E-state index contributed by atoms with van der Waals surface area (Å²) in [4.78, 5) is 12.1. The molecule has 4 nitrogen and oxygen atoms in total. The van der Waals surface area contributed by atoms with Crippen molar-refractivity contribution in [2.45, 2.75) is 6.42 Å². The highest BCUT2D eigenvalue weighted by molar-refractivity contribution is 9.10. The van der Waals surface area contributed by atoms with Gasteiger partial charge in [-0.05, 0) is 52.2 Å². The van der Waals surface area contributed by atoms with E-state index in [0.717, 1.165) is 11.6 Å². The van der Waals surface area contributed by atoms with Crippen molar-refractivity contribution in [1.82, 2.24) is 0 Å². The van der Waals surface area contributed by atoms with E-state index in [0.29, 0.717) is 16.6 Å². The van der Waals surface area contributed by atoms with E-state index in [1.54, 1.807) is 12.1 Å². The number of carbonyl (C=O) groups is 1. The van der Waals surface area contributed by atoms with Gasteiger partial charge in [0.15, 0.2) is 0 Å². The normalized spacial score (nSPS) is 10.4. The molecule has 0 unspecified atom stereocenters. The number of aliphatic hydroxyl groups excluding tert-OH is 1. The summed E-state index contributed by atoms with van der Waals surface area (Å²) in [6.07, 6.45) is 0.564. The summed E-state index contributed by atoms with van der Waals surface area (Å²) in [6.45, 7) is 0.0769. The maximum absolute atomic E-state index is 13.3. The highest BCUT2D eigenvalue weighted by Gasteiger charge is 2.13. The van der Waals surface area contributed by atoms with Gasteiger partial charge in [0.2, 0.25) is 0 Å². The molecule has 110 valence electrons. The Bertz CT molecular complexity index is 659. The van der Waals surface area contributed by atoms with Crippen LogP contribution in [0.5, 0.6) is 0 Å². The monoisotopic (exact) mass is 352 g/mol. The van der Waals surface area contributed by atoms with E-state index in [1.165, 1.54) is 6.07 Å². The second-order valence-electron chi connectivity index (χ2n) is 4.48. The second-order valence-corrected chi connectivity index (χ2v) is 5.33. The Labute approximate surface area is 129 Å². The van der Waals surface area contributed by atoms with Crippen LogP contribution in [0.1, 0.15) is 15.9 Å². The Morgan fingerprint density at radius 1 is 1.29 bits per heavy atom. The predicted molar refractivity (Wildman–Crippen MR) is 83.7 cm³/mol. The highest BCUT2D eigenvalue weighted by atomic mass is 79.9. The van der Waals surface area contributed by atoms with Crippen LogP contribution in [0.3, 0.4) is 0 Å². The molecule has 0 aliphatic rings. The first kappa shape index (κ1) is 15.5. The smallest absolute Gasteiger partial charge is 0.256 e. The number of amides is 1. The maximum Gasteiger partial charge on any atom is 0.256 e. The number of nitrogens with one attached hydrogen (secondary N) is 1. The van der Waals surface area contributed by atoms with Crippen LogP contribution >= 0.6 is 15.9 Å². The first-order chi connectivity index (χ1) is 10.0. The van der Waals surface area contributed by atoms with Gasteiger partial charge < -0.3 is 16.2 Å². The number of rotatable bonds is 4. The molecule has 21 heavy (non-hydrogen) atoms. The van der Waals surface area contributed by atoms with Gasteiger partial charge in [0.25, 0.3) is 5.91 Å². The fourth-order valence-electron chi connectivity index (χ4n) is 1.82. The lowest BCUT2D eigenvalue weighted by Gasteiger charge is -2.09. The lowest BCUT2D eigenvalue weighted by molar-refractivity contribution is 0.102. The number of anilines is 2. The van der Waals surface area contributed by atoms with Crippen LogP contribution in [-0.2, 0) is 6.42 Å². The van der Waals surface area contributed by atoms with Gasteiger partial charge in [-0.25, -0.2) is 4.39 Å². The van der Waals surface area contributed by atoms with Crippen molar-refractivity contribution in [3.05, 3.63) is 57.8 Å². The van der Waals surface area contributed by atoms with E-state index in [9.17, 15) is 9.18 Å². The minimum Gasteiger partial charge on any atom is -0.396 e. The van der Waals surface area contributed by atoms with E-state index in [-0.39, 0.29) is 23.8 Å². The lowest BCUT2D eigenvalue weighted by Crippen LogP contribution is -2.13. The summed E-state index contributed by atoms with van der Waals surface area (Å²) >= 11 is 3.14. The third kappa shape index (κ3) is 3.80. The second kappa shape index (κ2) is 6.69. The van der Waals surface area contributed by atoms with Crippen molar-refractivity contribution in [2.24, 2.45) is 0 Å². The van der Waals surface area contributed by atoms with Crippen LogP contribution in [0.25, 0.3) is 0 Å². The zero-order chi connectivity index (χ0) is 15.4. The van der Waals surface area contributed by atoms with Crippen molar-refractivity contribution in [1.29, 1.82) is 0 Å². The van der Waals surface area contributed by atoms with Crippen molar-refractivity contribution in [3.63, 3.8) is 0 Å². The molecule has 2 aromatic carbocycles. The molecular formula is C15H14BrFN2O2. The zero-order valence-electron chi connectivity index (χ0n) is 11.1. The average Bonchev–Trinajstić information content (AvgIpc) is 2.45. The van der Waals surface area contributed by atoms with E-state index in [1.807, 2.05) is 12.1 Å². The van der Waals surface area contributed by atoms with Crippen molar-refractivity contribution in [2.75, 3.05) is 17.7 Å². The van der Waals surface area contributed by atoms with Gasteiger partial charge in [0, 0.05) is 16.8 Å². The van der Waals surface area contributed by atoms with Crippen LogP contribution in [0.2, 0.25) is 0 Å². The molecule has 0 atom stereocenters. The SMILES string of the molecule is Nc1cc(C(=O)Nc2ccc(CCO)cc2)c(Br)cc1F. The Morgan fingerprint density at radius 3 is 2.57 bits per heavy atom. The number of hydrogen-bond donors (Lipinski definition) is 3. The molecule has 0 heterocycles. The fourth-order valence-corrected chi connectivity index (χ4v) is 2.32. The number of nitrogen functional groups attached to an aromatic ring is 1. The quantitative estimate of drug-likeness (QED) is 0.740. The summed E-state index contributed by atoms with van der Waals surface area (Å²) < 4.78 is 13.6. The number of aliphatic hydroxyl groups is 1. The first-order valence-electron chi connectivity index (χ1n) is 6.27. The molecule has 0 radical (unpaired) electrons. The van der Waals surface area contributed by atoms with Gasteiger partial charge in [-0.15, -0.1) is 0 Å². The van der Waals surface area contributed by atoms with E-state index >= 15 is 0 Å². The van der Waals surface area contributed by atoms with Crippen LogP contribution in [-0.4, -0.2) is 17.6 Å². The van der Waals surface area contributed by atoms with Gasteiger partial charge in [0.1, 0.15) is 5.82 Å². The van der Waals surface area contributed by atoms with Crippen LogP contribution < -0.4 is 11.1 Å². The number of hydrogen-bond acceptors (Lipinski definition) is 3. The number of carbonyl (C=O) groups excluding carboxylic acids is 1. The third-order valence-corrected chi connectivity index (χ3v) is 3.60. The Hall–Kier alpha value is -1.92. The van der Waals surface area contributed by atoms with Crippen molar-refractivity contribution in [3.8, 4) is 0 Å². The topological polar surface area (TPSA) is 75.4 Å². The molecule has 0 saturated heterocycles.